The number of amides is 1. The average molecular weight is 500 g/mol. The lowest BCUT2D eigenvalue weighted by Crippen LogP contribution is -2.26. The van der Waals surface area contributed by atoms with Crippen molar-refractivity contribution >= 4 is 16.9 Å². The second kappa shape index (κ2) is 12.0. The molecule has 0 unspecified atom stereocenters. The number of hydrogen-bond acceptors (Lipinski definition) is 4. The Kier molecular flexibility index (Phi) is 8.49. The lowest BCUT2D eigenvalue weighted by molar-refractivity contribution is 0.0954. The van der Waals surface area contributed by atoms with Gasteiger partial charge in [-0.1, -0.05) is 45.0 Å². The van der Waals surface area contributed by atoms with Crippen LogP contribution >= 0.6 is 0 Å². The first-order valence-corrected chi connectivity index (χ1v) is 12.9. The van der Waals surface area contributed by atoms with Crippen molar-refractivity contribution in [3.05, 3.63) is 89.7 Å². The summed E-state index contributed by atoms with van der Waals surface area (Å²) in [4.78, 5) is 17.4. The van der Waals surface area contributed by atoms with E-state index in [-0.39, 0.29) is 11.3 Å². The van der Waals surface area contributed by atoms with Crippen LogP contribution in [0.15, 0.2) is 72.8 Å². The standard InChI is InChI=1S/C31H37N3O3/c1-31(2,3)24-13-17-26(18-14-24)37-22-8-7-21-34-28-10-6-5-9-27(28)33-29(34)19-20-32-30(35)23-11-15-25(36-4)16-12-23/h5-6,9-18H,7-8,19-22H2,1-4H3,(H,32,35). The van der Waals surface area contributed by atoms with E-state index in [1.165, 1.54) is 5.56 Å². The number of nitrogens with zero attached hydrogens (tertiary/aromatic N) is 2. The predicted octanol–water partition coefficient (Wildman–Crippen LogP) is 6.17. The maximum Gasteiger partial charge on any atom is 0.251 e. The third-order valence-corrected chi connectivity index (χ3v) is 6.49. The average Bonchev–Trinajstić information content (AvgIpc) is 3.25. The minimum Gasteiger partial charge on any atom is -0.497 e. The smallest absolute Gasteiger partial charge is 0.251 e. The number of ether oxygens (including phenoxy) is 2. The number of hydrogen-bond donors (Lipinski definition) is 1. The highest BCUT2D eigenvalue weighted by Gasteiger charge is 2.14. The van der Waals surface area contributed by atoms with Gasteiger partial charge in [-0.05, 0) is 72.4 Å². The highest BCUT2D eigenvalue weighted by molar-refractivity contribution is 5.94. The van der Waals surface area contributed by atoms with Crippen molar-refractivity contribution in [1.82, 2.24) is 14.9 Å². The van der Waals surface area contributed by atoms with E-state index >= 15 is 0 Å². The van der Waals surface area contributed by atoms with Gasteiger partial charge < -0.3 is 19.4 Å². The van der Waals surface area contributed by atoms with Crippen LogP contribution in [0.4, 0.5) is 0 Å². The van der Waals surface area contributed by atoms with Crippen LogP contribution in [0.3, 0.4) is 0 Å². The lowest BCUT2D eigenvalue weighted by Gasteiger charge is -2.19. The molecule has 1 N–H and O–H groups in total. The molecular formula is C31H37N3O3. The molecule has 0 bridgehead atoms. The zero-order valence-corrected chi connectivity index (χ0v) is 22.3. The molecule has 37 heavy (non-hydrogen) atoms. The summed E-state index contributed by atoms with van der Waals surface area (Å²) in [5, 5.41) is 3.01. The van der Waals surface area contributed by atoms with Gasteiger partial charge >= 0.3 is 0 Å². The van der Waals surface area contributed by atoms with Gasteiger partial charge in [0.2, 0.25) is 0 Å². The molecule has 1 aromatic heterocycles. The molecular weight excluding hydrogens is 462 g/mol. The third kappa shape index (κ3) is 6.91. The number of aryl methyl sites for hydroxylation is 1. The highest BCUT2D eigenvalue weighted by Crippen LogP contribution is 2.24. The molecule has 0 saturated heterocycles. The van der Waals surface area contributed by atoms with E-state index in [2.05, 4.69) is 61.0 Å². The summed E-state index contributed by atoms with van der Waals surface area (Å²) in [6, 6.07) is 23.7. The molecule has 0 saturated carbocycles. The largest absolute Gasteiger partial charge is 0.497 e. The number of aromatic nitrogens is 2. The van der Waals surface area contributed by atoms with E-state index in [0.29, 0.717) is 25.1 Å². The Morgan fingerprint density at radius 2 is 1.62 bits per heavy atom. The molecule has 1 amide bonds. The van der Waals surface area contributed by atoms with Crippen LogP contribution in [0.2, 0.25) is 0 Å². The Hall–Kier alpha value is -3.80. The number of benzene rings is 3. The number of imidazole rings is 1. The van der Waals surface area contributed by atoms with E-state index < -0.39 is 0 Å². The fourth-order valence-electron chi connectivity index (χ4n) is 4.31. The Morgan fingerprint density at radius 3 is 2.32 bits per heavy atom. The van der Waals surface area contributed by atoms with Gasteiger partial charge in [0.25, 0.3) is 5.91 Å². The fraction of sp³-hybridized carbons (Fsp3) is 0.355. The number of carbonyl (C=O) groups excluding carboxylic acids is 1. The predicted molar refractivity (Wildman–Crippen MR) is 149 cm³/mol. The number of methoxy groups -OCH3 is 1. The number of unbranched alkanes of at least 4 members (excludes halogenated alkanes) is 1. The lowest BCUT2D eigenvalue weighted by atomic mass is 9.87. The minimum atomic E-state index is -0.0991. The van der Waals surface area contributed by atoms with Crippen LogP contribution < -0.4 is 14.8 Å². The molecule has 0 radical (unpaired) electrons. The van der Waals surface area contributed by atoms with Gasteiger partial charge in [0, 0.05) is 25.1 Å². The van der Waals surface area contributed by atoms with Crippen molar-refractivity contribution in [2.75, 3.05) is 20.3 Å². The first-order valence-electron chi connectivity index (χ1n) is 12.9. The molecule has 6 heteroatoms. The summed E-state index contributed by atoms with van der Waals surface area (Å²) in [5.74, 6) is 2.52. The number of nitrogens with one attached hydrogen (secondary N) is 1. The van der Waals surface area contributed by atoms with Crippen molar-refractivity contribution in [2.24, 2.45) is 0 Å². The number of rotatable bonds is 11. The molecule has 0 fully saturated rings. The first kappa shape index (κ1) is 26.3. The first-order chi connectivity index (χ1) is 17.8. The SMILES string of the molecule is COc1ccc(C(=O)NCCc2nc3ccccc3n2CCCCOc2ccc(C(C)(C)C)cc2)cc1. The van der Waals surface area contributed by atoms with Crippen LogP contribution in [0.5, 0.6) is 11.5 Å². The zero-order valence-electron chi connectivity index (χ0n) is 22.3. The molecule has 0 aliphatic carbocycles. The number of fused-ring (bicyclic) bond motifs is 1. The van der Waals surface area contributed by atoms with Crippen molar-refractivity contribution < 1.29 is 14.3 Å². The van der Waals surface area contributed by atoms with E-state index in [9.17, 15) is 4.79 Å². The molecule has 1 heterocycles. The second-order valence-electron chi connectivity index (χ2n) is 10.2. The summed E-state index contributed by atoms with van der Waals surface area (Å²) >= 11 is 0. The maximum atomic E-state index is 12.5. The van der Waals surface area contributed by atoms with Crippen molar-refractivity contribution in [2.45, 2.75) is 52.0 Å². The topological polar surface area (TPSA) is 65.4 Å². The Labute approximate surface area is 219 Å². The van der Waals surface area contributed by atoms with Crippen molar-refractivity contribution in [3.63, 3.8) is 0 Å². The Morgan fingerprint density at radius 1 is 0.919 bits per heavy atom. The van der Waals surface area contributed by atoms with E-state index in [0.717, 1.165) is 47.7 Å². The molecule has 0 spiro atoms. The summed E-state index contributed by atoms with van der Waals surface area (Å²) in [6.07, 6.45) is 2.58. The summed E-state index contributed by atoms with van der Waals surface area (Å²) in [5.41, 5.74) is 4.16. The fourth-order valence-corrected chi connectivity index (χ4v) is 4.31. The van der Waals surface area contributed by atoms with Gasteiger partial charge in [-0.2, -0.15) is 0 Å². The normalized spacial score (nSPS) is 11.5. The van der Waals surface area contributed by atoms with E-state index in [1.54, 1.807) is 31.4 Å². The summed E-state index contributed by atoms with van der Waals surface area (Å²) < 4.78 is 13.4. The molecule has 0 atom stereocenters. The summed E-state index contributed by atoms with van der Waals surface area (Å²) in [6.45, 7) is 8.69. The van der Waals surface area contributed by atoms with Gasteiger partial charge in [0.15, 0.2) is 0 Å². The maximum absolute atomic E-state index is 12.5. The molecule has 194 valence electrons. The van der Waals surface area contributed by atoms with E-state index in [4.69, 9.17) is 14.5 Å². The number of para-hydroxylation sites is 2. The molecule has 6 nitrogen and oxygen atoms in total. The minimum absolute atomic E-state index is 0.0991. The van der Waals surface area contributed by atoms with Crippen LogP contribution in [0.1, 0.15) is 55.4 Å². The molecule has 4 aromatic rings. The second-order valence-corrected chi connectivity index (χ2v) is 10.2. The Balaban J connectivity index is 1.30. The van der Waals surface area contributed by atoms with Gasteiger partial charge in [0.05, 0.1) is 24.8 Å². The highest BCUT2D eigenvalue weighted by atomic mass is 16.5. The van der Waals surface area contributed by atoms with Crippen LogP contribution in [0, 0.1) is 0 Å². The van der Waals surface area contributed by atoms with Gasteiger partial charge in [-0.25, -0.2) is 4.98 Å². The molecule has 3 aromatic carbocycles. The van der Waals surface area contributed by atoms with Crippen LogP contribution in [0.25, 0.3) is 11.0 Å². The van der Waals surface area contributed by atoms with E-state index in [1.807, 2.05) is 18.2 Å². The Bertz CT molecular complexity index is 1300. The molecule has 4 rings (SSSR count). The van der Waals surface area contributed by atoms with Gasteiger partial charge in [-0.15, -0.1) is 0 Å². The quantitative estimate of drug-likeness (QED) is 0.251. The molecule has 0 aliphatic heterocycles. The van der Waals surface area contributed by atoms with Gasteiger partial charge in [-0.3, -0.25) is 4.79 Å². The van der Waals surface area contributed by atoms with Gasteiger partial charge in [0.1, 0.15) is 17.3 Å². The van der Waals surface area contributed by atoms with Crippen molar-refractivity contribution in [3.8, 4) is 11.5 Å². The van der Waals surface area contributed by atoms with Crippen molar-refractivity contribution in [1.29, 1.82) is 0 Å². The zero-order chi connectivity index (χ0) is 26.3. The van der Waals surface area contributed by atoms with Crippen LogP contribution in [-0.4, -0.2) is 35.7 Å². The summed E-state index contributed by atoms with van der Waals surface area (Å²) in [7, 11) is 1.61. The van der Waals surface area contributed by atoms with Crippen LogP contribution in [-0.2, 0) is 18.4 Å². The third-order valence-electron chi connectivity index (χ3n) is 6.49. The molecule has 0 aliphatic rings. The monoisotopic (exact) mass is 499 g/mol. The number of carbonyl (C=O) groups is 1.